The first kappa shape index (κ1) is 12.2. The summed E-state index contributed by atoms with van der Waals surface area (Å²) in [4.78, 5) is 0. The van der Waals surface area contributed by atoms with E-state index in [1.54, 1.807) is 0 Å². The molecule has 0 aromatic heterocycles. The molecule has 2 heteroatoms. The van der Waals surface area contributed by atoms with Crippen LogP contribution in [-0.2, 0) is 0 Å². The van der Waals surface area contributed by atoms with Gasteiger partial charge in [-0.15, -0.1) is 0 Å². The van der Waals surface area contributed by atoms with Gasteiger partial charge in [-0.2, -0.15) is 0 Å². The van der Waals surface area contributed by atoms with Crippen LogP contribution < -0.4 is 11.3 Å². The quantitative estimate of drug-likeness (QED) is 0.574. The van der Waals surface area contributed by atoms with Crippen molar-refractivity contribution < 1.29 is 0 Å². The second kappa shape index (κ2) is 5.89. The molecule has 0 aliphatic heterocycles. The van der Waals surface area contributed by atoms with Crippen molar-refractivity contribution in [3.8, 4) is 0 Å². The molecule has 3 N–H and O–H groups in total. The molecule has 2 nitrogen and oxygen atoms in total. The fourth-order valence-corrected chi connectivity index (χ4v) is 1.87. The molecule has 1 unspecified atom stereocenters. The lowest BCUT2D eigenvalue weighted by Gasteiger charge is -2.18. The maximum absolute atomic E-state index is 5.61. The van der Waals surface area contributed by atoms with Crippen molar-refractivity contribution in [2.45, 2.75) is 46.1 Å². The van der Waals surface area contributed by atoms with Gasteiger partial charge in [-0.25, -0.2) is 0 Å². The number of hydrogen-bond acceptors (Lipinski definition) is 2. The number of nitrogens with two attached hydrogens (primary N) is 1. The Morgan fingerprint density at radius 1 is 1.33 bits per heavy atom. The fourth-order valence-electron chi connectivity index (χ4n) is 1.87. The standard InChI is InChI=1S/C13H22N2/c1-4-5-6-13(15-14)12-9-10(2)7-8-11(12)3/h7-9,13,15H,4-6,14H2,1-3H3. The maximum atomic E-state index is 5.61. The Kier molecular flexibility index (Phi) is 4.79. The Bertz CT molecular complexity index is 307. The van der Waals surface area contributed by atoms with E-state index in [9.17, 15) is 0 Å². The lowest BCUT2D eigenvalue weighted by atomic mass is 9.96. The Hall–Kier alpha value is -0.860. The summed E-state index contributed by atoms with van der Waals surface area (Å²) in [6, 6.07) is 6.84. The summed E-state index contributed by atoms with van der Waals surface area (Å²) < 4.78 is 0. The van der Waals surface area contributed by atoms with Crippen LogP contribution in [0.2, 0.25) is 0 Å². The molecular formula is C13H22N2. The number of rotatable bonds is 5. The SMILES string of the molecule is CCCCC(NN)c1cc(C)ccc1C. The average Bonchev–Trinajstić information content (AvgIpc) is 2.24. The van der Waals surface area contributed by atoms with Gasteiger partial charge in [0.05, 0.1) is 0 Å². The highest BCUT2D eigenvalue weighted by molar-refractivity contribution is 5.32. The van der Waals surface area contributed by atoms with Gasteiger partial charge in [0.2, 0.25) is 0 Å². The second-order valence-electron chi connectivity index (χ2n) is 4.22. The molecule has 0 bridgehead atoms. The molecule has 0 fully saturated rings. The predicted molar refractivity (Wildman–Crippen MR) is 65.5 cm³/mol. The van der Waals surface area contributed by atoms with Crippen LogP contribution in [0.25, 0.3) is 0 Å². The van der Waals surface area contributed by atoms with Crippen molar-refractivity contribution in [3.05, 3.63) is 34.9 Å². The number of unbranched alkanes of at least 4 members (excludes halogenated alkanes) is 1. The van der Waals surface area contributed by atoms with E-state index in [4.69, 9.17) is 5.84 Å². The van der Waals surface area contributed by atoms with Crippen LogP contribution in [-0.4, -0.2) is 0 Å². The van der Waals surface area contributed by atoms with Gasteiger partial charge in [0.15, 0.2) is 0 Å². The molecule has 15 heavy (non-hydrogen) atoms. The molecule has 1 aromatic carbocycles. The third-order valence-electron chi connectivity index (χ3n) is 2.86. The molecule has 1 rings (SSSR count). The molecule has 0 amide bonds. The summed E-state index contributed by atoms with van der Waals surface area (Å²) >= 11 is 0. The summed E-state index contributed by atoms with van der Waals surface area (Å²) in [5.74, 6) is 5.61. The van der Waals surface area contributed by atoms with Crippen molar-refractivity contribution in [2.75, 3.05) is 0 Å². The highest BCUT2D eigenvalue weighted by Crippen LogP contribution is 2.23. The Balaban J connectivity index is 2.85. The topological polar surface area (TPSA) is 38.0 Å². The lowest BCUT2D eigenvalue weighted by molar-refractivity contribution is 0.493. The minimum Gasteiger partial charge on any atom is -0.271 e. The number of aryl methyl sites for hydroxylation is 2. The normalized spacial score (nSPS) is 12.8. The number of hydrazine groups is 1. The number of hydrogen-bond donors (Lipinski definition) is 2. The minimum absolute atomic E-state index is 0.296. The molecule has 1 atom stereocenters. The second-order valence-corrected chi connectivity index (χ2v) is 4.22. The fraction of sp³-hybridized carbons (Fsp3) is 0.538. The molecule has 0 spiro atoms. The molecular weight excluding hydrogens is 184 g/mol. The van der Waals surface area contributed by atoms with E-state index >= 15 is 0 Å². The molecule has 0 radical (unpaired) electrons. The van der Waals surface area contributed by atoms with Crippen LogP contribution in [0.15, 0.2) is 18.2 Å². The smallest absolute Gasteiger partial charge is 0.0462 e. The highest BCUT2D eigenvalue weighted by atomic mass is 15.2. The molecule has 84 valence electrons. The van der Waals surface area contributed by atoms with Crippen LogP contribution >= 0.6 is 0 Å². The van der Waals surface area contributed by atoms with Gasteiger partial charge >= 0.3 is 0 Å². The molecule has 0 saturated carbocycles. The van der Waals surface area contributed by atoms with E-state index in [0.717, 1.165) is 6.42 Å². The molecule has 0 heterocycles. The van der Waals surface area contributed by atoms with Gasteiger partial charge in [0, 0.05) is 6.04 Å². The molecule has 0 aliphatic rings. The average molecular weight is 206 g/mol. The van der Waals surface area contributed by atoms with Crippen molar-refractivity contribution >= 4 is 0 Å². The van der Waals surface area contributed by atoms with Crippen molar-refractivity contribution in [2.24, 2.45) is 5.84 Å². The van der Waals surface area contributed by atoms with Gasteiger partial charge in [-0.1, -0.05) is 43.5 Å². The summed E-state index contributed by atoms with van der Waals surface area (Å²) in [6.45, 7) is 6.47. The molecule has 1 aromatic rings. The first-order valence-electron chi connectivity index (χ1n) is 5.72. The summed E-state index contributed by atoms with van der Waals surface area (Å²) in [5, 5.41) is 0. The van der Waals surface area contributed by atoms with Crippen molar-refractivity contribution in [1.82, 2.24) is 5.43 Å². The van der Waals surface area contributed by atoms with E-state index in [1.165, 1.54) is 29.5 Å². The van der Waals surface area contributed by atoms with Gasteiger partial charge in [-0.3, -0.25) is 11.3 Å². The van der Waals surface area contributed by atoms with Gasteiger partial charge in [0.1, 0.15) is 0 Å². The largest absolute Gasteiger partial charge is 0.271 e. The third-order valence-corrected chi connectivity index (χ3v) is 2.86. The van der Waals surface area contributed by atoms with E-state index in [0.29, 0.717) is 6.04 Å². The third kappa shape index (κ3) is 3.33. The van der Waals surface area contributed by atoms with E-state index in [2.05, 4.69) is 44.4 Å². The van der Waals surface area contributed by atoms with Gasteiger partial charge in [0.25, 0.3) is 0 Å². The van der Waals surface area contributed by atoms with Gasteiger partial charge < -0.3 is 0 Å². The molecule has 0 saturated heterocycles. The Morgan fingerprint density at radius 2 is 2.07 bits per heavy atom. The zero-order chi connectivity index (χ0) is 11.3. The van der Waals surface area contributed by atoms with Crippen molar-refractivity contribution in [1.29, 1.82) is 0 Å². The molecule has 0 aliphatic carbocycles. The monoisotopic (exact) mass is 206 g/mol. The number of nitrogens with one attached hydrogen (secondary N) is 1. The lowest BCUT2D eigenvalue weighted by Crippen LogP contribution is -2.28. The van der Waals surface area contributed by atoms with E-state index < -0.39 is 0 Å². The Morgan fingerprint density at radius 3 is 2.67 bits per heavy atom. The van der Waals surface area contributed by atoms with Crippen LogP contribution in [0.4, 0.5) is 0 Å². The zero-order valence-corrected chi connectivity index (χ0v) is 10.0. The predicted octanol–water partition coefficient (Wildman–Crippen LogP) is 3.00. The van der Waals surface area contributed by atoms with E-state index in [-0.39, 0.29) is 0 Å². The summed E-state index contributed by atoms with van der Waals surface area (Å²) in [6.07, 6.45) is 3.53. The minimum atomic E-state index is 0.296. The highest BCUT2D eigenvalue weighted by Gasteiger charge is 2.11. The van der Waals surface area contributed by atoms with Crippen LogP contribution in [0, 0.1) is 13.8 Å². The summed E-state index contributed by atoms with van der Waals surface area (Å²) in [7, 11) is 0. The van der Waals surface area contributed by atoms with Crippen molar-refractivity contribution in [3.63, 3.8) is 0 Å². The van der Waals surface area contributed by atoms with Crippen LogP contribution in [0.5, 0.6) is 0 Å². The Labute approximate surface area is 92.8 Å². The summed E-state index contributed by atoms with van der Waals surface area (Å²) in [5.41, 5.74) is 6.88. The van der Waals surface area contributed by atoms with E-state index in [1.807, 2.05) is 0 Å². The first-order chi connectivity index (χ1) is 7.19. The first-order valence-corrected chi connectivity index (χ1v) is 5.72. The number of benzene rings is 1. The van der Waals surface area contributed by atoms with Crippen LogP contribution in [0.1, 0.15) is 48.9 Å². The van der Waals surface area contributed by atoms with Crippen LogP contribution in [0.3, 0.4) is 0 Å². The maximum Gasteiger partial charge on any atom is 0.0462 e. The van der Waals surface area contributed by atoms with Gasteiger partial charge in [-0.05, 0) is 31.4 Å². The zero-order valence-electron chi connectivity index (χ0n) is 10.0.